The minimum Gasteiger partial charge on any atom is -0.545 e. The highest BCUT2D eigenvalue weighted by atomic mass is 16.5. The zero-order valence-corrected chi connectivity index (χ0v) is 12.5. The number of pyridine rings is 1. The summed E-state index contributed by atoms with van der Waals surface area (Å²) in [6.45, 7) is 0. The number of hydrogen-bond donors (Lipinski definition) is 0. The van der Waals surface area contributed by atoms with E-state index >= 15 is 0 Å². The molecule has 22 heavy (non-hydrogen) atoms. The molecular formula is C17H15NO4. The van der Waals surface area contributed by atoms with Crippen LogP contribution in [0.1, 0.15) is 10.4 Å². The largest absolute Gasteiger partial charge is 0.545 e. The van der Waals surface area contributed by atoms with Gasteiger partial charge in [0.1, 0.15) is 18.5 Å². The Labute approximate surface area is 127 Å². The van der Waals surface area contributed by atoms with Crippen molar-refractivity contribution in [3.8, 4) is 11.5 Å². The van der Waals surface area contributed by atoms with Gasteiger partial charge in [0.05, 0.1) is 37.0 Å². The van der Waals surface area contributed by atoms with E-state index in [1.807, 2.05) is 23.7 Å². The number of nitrogens with zero attached hydrogens (tertiary/aromatic N) is 1. The Bertz CT molecular complexity index is 898. The first kappa shape index (κ1) is 14.1. The van der Waals surface area contributed by atoms with Gasteiger partial charge in [-0.05, 0) is 18.2 Å². The number of hydrogen-bond acceptors (Lipinski definition) is 4. The summed E-state index contributed by atoms with van der Waals surface area (Å²) in [6.07, 6.45) is 0. The molecule has 0 aliphatic carbocycles. The predicted octanol–water partition coefficient (Wildman–Crippen LogP) is 1.20. The molecule has 0 bridgehead atoms. The summed E-state index contributed by atoms with van der Waals surface area (Å²) >= 11 is 0. The van der Waals surface area contributed by atoms with Crippen molar-refractivity contribution in [1.82, 2.24) is 0 Å². The van der Waals surface area contributed by atoms with E-state index in [0.29, 0.717) is 22.3 Å². The first-order chi connectivity index (χ1) is 10.6. The molecule has 0 amide bonds. The second-order valence-electron chi connectivity index (χ2n) is 4.96. The van der Waals surface area contributed by atoms with Gasteiger partial charge in [-0.25, -0.2) is 0 Å². The summed E-state index contributed by atoms with van der Waals surface area (Å²) in [7, 11) is 4.97. The molecule has 0 spiro atoms. The van der Waals surface area contributed by atoms with Crippen molar-refractivity contribution in [1.29, 1.82) is 0 Å². The molecule has 3 aromatic rings. The van der Waals surface area contributed by atoms with Crippen LogP contribution < -0.4 is 19.1 Å². The topological polar surface area (TPSA) is 62.5 Å². The normalized spacial score (nSPS) is 10.9. The lowest BCUT2D eigenvalue weighted by molar-refractivity contribution is -0.617. The number of methoxy groups -OCH3 is 2. The minimum absolute atomic E-state index is 0.128. The van der Waals surface area contributed by atoms with Crippen LogP contribution in [0.3, 0.4) is 0 Å². The lowest BCUT2D eigenvalue weighted by atomic mass is 10.0. The van der Waals surface area contributed by atoms with Crippen molar-refractivity contribution < 1.29 is 23.9 Å². The van der Waals surface area contributed by atoms with Crippen LogP contribution >= 0.6 is 0 Å². The summed E-state index contributed by atoms with van der Waals surface area (Å²) in [5.74, 6) is -0.0649. The fraction of sp³-hybridized carbons (Fsp3) is 0.176. The summed E-state index contributed by atoms with van der Waals surface area (Å²) in [6, 6.07) is 10.7. The fourth-order valence-corrected chi connectivity index (χ4v) is 2.82. The van der Waals surface area contributed by atoms with Gasteiger partial charge in [0.25, 0.3) is 0 Å². The molecule has 5 heteroatoms. The van der Waals surface area contributed by atoms with Crippen LogP contribution in [0.4, 0.5) is 0 Å². The molecule has 5 nitrogen and oxygen atoms in total. The number of carbonyl (C=O) groups is 1. The Balaban J connectivity index is 2.61. The Morgan fingerprint density at radius 2 is 1.86 bits per heavy atom. The highest BCUT2D eigenvalue weighted by Crippen LogP contribution is 2.32. The second kappa shape index (κ2) is 5.18. The van der Waals surface area contributed by atoms with E-state index < -0.39 is 5.97 Å². The molecule has 0 fully saturated rings. The Morgan fingerprint density at radius 1 is 1.09 bits per heavy atom. The maximum atomic E-state index is 11.8. The standard InChI is InChI=1S/C17H15NO4/c1-18-12-5-4-6-14(22-3)16(12)15(17(19)20)11-8-7-10(21-2)9-13(11)18/h4-9H,1-3H3. The summed E-state index contributed by atoms with van der Waals surface area (Å²) in [4.78, 5) is 11.8. The highest BCUT2D eigenvalue weighted by Gasteiger charge is 2.21. The van der Waals surface area contributed by atoms with E-state index in [0.717, 1.165) is 11.0 Å². The third-order valence-corrected chi connectivity index (χ3v) is 3.88. The van der Waals surface area contributed by atoms with Crippen molar-refractivity contribution in [3.63, 3.8) is 0 Å². The first-order valence-electron chi connectivity index (χ1n) is 6.76. The van der Waals surface area contributed by atoms with Crippen LogP contribution in [0.5, 0.6) is 11.5 Å². The molecule has 0 atom stereocenters. The number of benzene rings is 2. The smallest absolute Gasteiger partial charge is 0.217 e. The van der Waals surface area contributed by atoms with Gasteiger partial charge >= 0.3 is 0 Å². The van der Waals surface area contributed by atoms with Crippen LogP contribution in [0.25, 0.3) is 21.8 Å². The van der Waals surface area contributed by atoms with Crippen LogP contribution in [0.15, 0.2) is 36.4 Å². The number of aromatic nitrogens is 1. The van der Waals surface area contributed by atoms with Crippen molar-refractivity contribution in [3.05, 3.63) is 42.0 Å². The number of ether oxygens (including phenoxy) is 2. The molecule has 3 rings (SSSR count). The van der Waals surface area contributed by atoms with Gasteiger partial charge < -0.3 is 19.4 Å². The van der Waals surface area contributed by atoms with E-state index in [9.17, 15) is 9.90 Å². The molecule has 112 valence electrons. The van der Waals surface area contributed by atoms with Crippen molar-refractivity contribution in [2.45, 2.75) is 0 Å². The fourth-order valence-electron chi connectivity index (χ4n) is 2.82. The Morgan fingerprint density at radius 3 is 2.50 bits per heavy atom. The van der Waals surface area contributed by atoms with Gasteiger partial charge in [-0.3, -0.25) is 0 Å². The average molecular weight is 297 g/mol. The van der Waals surface area contributed by atoms with Crippen LogP contribution in [-0.4, -0.2) is 20.2 Å². The summed E-state index contributed by atoms with van der Waals surface area (Å²) < 4.78 is 12.5. The van der Waals surface area contributed by atoms with Crippen LogP contribution in [-0.2, 0) is 7.05 Å². The maximum Gasteiger partial charge on any atom is 0.217 e. The number of aromatic carboxylic acids is 1. The van der Waals surface area contributed by atoms with Gasteiger partial charge in [-0.2, -0.15) is 4.57 Å². The van der Waals surface area contributed by atoms with Gasteiger partial charge in [-0.15, -0.1) is 0 Å². The first-order valence-corrected chi connectivity index (χ1v) is 6.76. The second-order valence-corrected chi connectivity index (χ2v) is 4.96. The third kappa shape index (κ3) is 1.94. The quantitative estimate of drug-likeness (QED) is 0.538. The van der Waals surface area contributed by atoms with Crippen molar-refractivity contribution in [2.24, 2.45) is 7.05 Å². The Hall–Kier alpha value is -2.82. The maximum absolute atomic E-state index is 11.8. The molecule has 0 saturated carbocycles. The number of rotatable bonds is 3. The van der Waals surface area contributed by atoms with E-state index in [2.05, 4.69) is 0 Å². The minimum atomic E-state index is -1.23. The molecule has 2 aromatic carbocycles. The van der Waals surface area contributed by atoms with E-state index in [1.54, 1.807) is 31.4 Å². The molecular weight excluding hydrogens is 282 g/mol. The lowest BCUT2D eigenvalue weighted by Crippen LogP contribution is -2.33. The Kier molecular flexibility index (Phi) is 3.33. The van der Waals surface area contributed by atoms with Gasteiger partial charge in [-0.1, -0.05) is 6.07 Å². The van der Waals surface area contributed by atoms with Crippen LogP contribution in [0, 0.1) is 0 Å². The third-order valence-electron chi connectivity index (χ3n) is 3.88. The number of aryl methyl sites for hydroxylation is 1. The molecule has 1 heterocycles. The molecule has 0 aliphatic rings. The van der Waals surface area contributed by atoms with Gasteiger partial charge in [0.2, 0.25) is 11.0 Å². The van der Waals surface area contributed by atoms with Crippen molar-refractivity contribution >= 4 is 27.8 Å². The molecule has 0 radical (unpaired) electrons. The summed E-state index contributed by atoms with van der Waals surface area (Å²) in [5, 5.41) is 12.9. The number of fused-ring (bicyclic) bond motifs is 2. The molecule has 0 unspecified atom stereocenters. The predicted molar refractivity (Wildman–Crippen MR) is 80.1 cm³/mol. The number of carboxylic acids is 1. The number of carboxylic acid groups (broad SMARTS) is 1. The molecule has 0 aliphatic heterocycles. The van der Waals surface area contributed by atoms with Crippen molar-refractivity contribution in [2.75, 3.05) is 14.2 Å². The van der Waals surface area contributed by atoms with Gasteiger partial charge in [0, 0.05) is 11.6 Å². The monoisotopic (exact) mass is 297 g/mol. The van der Waals surface area contributed by atoms with Gasteiger partial charge in [0.15, 0.2) is 0 Å². The SMILES string of the molecule is COc1ccc2c(C(=O)[O-])c3c(OC)cccc3[n+](C)c2c1. The summed E-state index contributed by atoms with van der Waals surface area (Å²) in [5.41, 5.74) is 1.63. The molecule has 0 N–H and O–H groups in total. The lowest BCUT2D eigenvalue weighted by Gasteiger charge is -2.13. The molecule has 0 saturated heterocycles. The van der Waals surface area contributed by atoms with E-state index in [4.69, 9.17) is 9.47 Å². The molecule has 1 aromatic heterocycles. The number of carbonyl (C=O) groups excluding carboxylic acids is 1. The average Bonchev–Trinajstić information content (AvgIpc) is 2.54. The van der Waals surface area contributed by atoms with E-state index in [1.165, 1.54) is 7.11 Å². The zero-order valence-electron chi connectivity index (χ0n) is 12.5. The zero-order chi connectivity index (χ0) is 15.9. The van der Waals surface area contributed by atoms with E-state index in [-0.39, 0.29) is 5.56 Å². The van der Waals surface area contributed by atoms with Crippen LogP contribution in [0.2, 0.25) is 0 Å². The highest BCUT2D eigenvalue weighted by molar-refractivity contribution is 6.13.